The molecule has 1 aliphatic rings. The number of anilines is 2. The summed E-state index contributed by atoms with van der Waals surface area (Å²) in [5, 5.41) is 0. The SMILES string of the molecule is Cc1ccc(S(=O)(=O)N2CCC(=O)CN(S(=O)(=O)c3ccc(C)cc3)c3ccccc32)cc1. The lowest BCUT2D eigenvalue weighted by Gasteiger charge is -2.33. The quantitative estimate of drug-likeness (QED) is 0.564. The van der Waals surface area contributed by atoms with E-state index in [-0.39, 0.29) is 46.5 Å². The second-order valence-corrected chi connectivity index (χ2v) is 11.7. The van der Waals surface area contributed by atoms with Crippen molar-refractivity contribution in [3.63, 3.8) is 0 Å². The molecule has 3 aromatic carbocycles. The molecule has 4 rings (SSSR count). The predicted molar refractivity (Wildman–Crippen MR) is 127 cm³/mol. The van der Waals surface area contributed by atoms with Gasteiger partial charge < -0.3 is 0 Å². The molecule has 3 aromatic rings. The number of Topliss-reactive ketones (excluding diaryl/α,β-unsaturated/α-hetero) is 1. The van der Waals surface area contributed by atoms with Gasteiger partial charge in [-0.15, -0.1) is 0 Å². The number of hydrogen-bond acceptors (Lipinski definition) is 5. The Balaban J connectivity index is 1.88. The van der Waals surface area contributed by atoms with Crippen LogP contribution in [-0.4, -0.2) is 35.7 Å². The molecule has 0 radical (unpaired) electrons. The average Bonchev–Trinajstić information content (AvgIpc) is 2.77. The second-order valence-electron chi connectivity index (χ2n) is 7.99. The summed E-state index contributed by atoms with van der Waals surface area (Å²) in [7, 11) is -8.15. The highest BCUT2D eigenvalue weighted by Gasteiger charge is 2.35. The third-order valence-electron chi connectivity index (χ3n) is 5.55. The number of rotatable bonds is 4. The molecule has 0 atom stereocenters. The number of carbonyl (C=O) groups is 1. The van der Waals surface area contributed by atoms with Crippen LogP contribution in [0.15, 0.2) is 82.6 Å². The van der Waals surface area contributed by atoms with E-state index in [0.717, 1.165) is 19.7 Å². The van der Waals surface area contributed by atoms with Crippen molar-refractivity contribution in [1.82, 2.24) is 0 Å². The maximum atomic E-state index is 13.5. The molecule has 0 spiro atoms. The molecular weight excluding hydrogens is 460 g/mol. The van der Waals surface area contributed by atoms with Crippen LogP contribution in [0.2, 0.25) is 0 Å². The van der Waals surface area contributed by atoms with Gasteiger partial charge in [-0.05, 0) is 50.2 Å². The van der Waals surface area contributed by atoms with E-state index in [0.29, 0.717) is 0 Å². The molecule has 0 aromatic heterocycles. The van der Waals surface area contributed by atoms with Crippen LogP contribution < -0.4 is 8.61 Å². The van der Waals surface area contributed by atoms with Crippen LogP contribution in [-0.2, 0) is 24.8 Å². The van der Waals surface area contributed by atoms with E-state index in [2.05, 4.69) is 0 Å². The summed E-state index contributed by atoms with van der Waals surface area (Å²) in [6, 6.07) is 19.1. The Morgan fingerprint density at radius 2 is 1.06 bits per heavy atom. The van der Waals surface area contributed by atoms with Gasteiger partial charge in [0.05, 0.1) is 27.7 Å². The van der Waals surface area contributed by atoms with E-state index in [1.54, 1.807) is 42.5 Å². The van der Waals surface area contributed by atoms with Gasteiger partial charge in [-0.2, -0.15) is 0 Å². The number of ketones is 1. The first-order chi connectivity index (χ1) is 15.6. The largest absolute Gasteiger partial charge is 0.298 e. The van der Waals surface area contributed by atoms with Crippen LogP contribution in [0.1, 0.15) is 17.5 Å². The van der Waals surface area contributed by atoms with Crippen molar-refractivity contribution in [3.05, 3.63) is 83.9 Å². The molecule has 172 valence electrons. The minimum atomic E-state index is -4.11. The standard InChI is InChI=1S/C24H24N2O5S2/c1-18-7-11-21(12-8-18)32(28,29)25-16-15-20(27)17-26(24-6-4-3-5-23(24)25)33(30,31)22-13-9-19(2)10-14-22/h3-14H,15-17H2,1-2H3. The number of hydrogen-bond donors (Lipinski definition) is 0. The van der Waals surface area contributed by atoms with Crippen LogP contribution in [0, 0.1) is 13.8 Å². The van der Waals surface area contributed by atoms with E-state index < -0.39 is 20.0 Å². The number of fused-ring (bicyclic) bond motifs is 1. The Labute approximate surface area is 194 Å². The molecule has 0 bridgehead atoms. The molecule has 0 fully saturated rings. The number of benzene rings is 3. The summed E-state index contributed by atoms with van der Waals surface area (Å²) < 4.78 is 56.3. The number of sulfonamides is 2. The molecule has 0 N–H and O–H groups in total. The van der Waals surface area contributed by atoms with Crippen molar-refractivity contribution >= 4 is 37.2 Å². The summed E-state index contributed by atoms with van der Waals surface area (Å²) in [5.41, 5.74) is 2.16. The summed E-state index contributed by atoms with van der Waals surface area (Å²) in [5.74, 6) is -0.371. The van der Waals surface area contributed by atoms with E-state index in [1.165, 1.54) is 30.3 Å². The molecule has 0 aliphatic carbocycles. The number of carbonyl (C=O) groups excluding carboxylic acids is 1. The Morgan fingerprint density at radius 3 is 1.55 bits per heavy atom. The van der Waals surface area contributed by atoms with Gasteiger partial charge in [-0.25, -0.2) is 16.8 Å². The highest BCUT2D eigenvalue weighted by Crippen LogP contribution is 2.37. The van der Waals surface area contributed by atoms with Crippen molar-refractivity contribution in [1.29, 1.82) is 0 Å². The number of aryl methyl sites for hydroxylation is 2. The van der Waals surface area contributed by atoms with Crippen LogP contribution in [0.3, 0.4) is 0 Å². The third-order valence-corrected chi connectivity index (χ3v) is 9.15. The van der Waals surface area contributed by atoms with Crippen molar-refractivity contribution in [3.8, 4) is 0 Å². The summed E-state index contributed by atoms with van der Waals surface area (Å²) in [6.45, 7) is 3.25. The maximum absolute atomic E-state index is 13.5. The first-order valence-electron chi connectivity index (χ1n) is 10.4. The monoisotopic (exact) mass is 484 g/mol. The lowest BCUT2D eigenvalue weighted by atomic mass is 10.2. The molecule has 9 heteroatoms. The predicted octanol–water partition coefficient (Wildman–Crippen LogP) is 3.67. The van der Waals surface area contributed by atoms with Crippen LogP contribution in [0.5, 0.6) is 0 Å². The highest BCUT2D eigenvalue weighted by atomic mass is 32.2. The highest BCUT2D eigenvalue weighted by molar-refractivity contribution is 7.93. The molecule has 7 nitrogen and oxygen atoms in total. The topological polar surface area (TPSA) is 91.8 Å². The van der Waals surface area contributed by atoms with Gasteiger partial charge in [0.2, 0.25) is 0 Å². The van der Waals surface area contributed by atoms with E-state index >= 15 is 0 Å². The number of nitrogens with zero attached hydrogens (tertiary/aromatic N) is 2. The normalized spacial score (nSPS) is 15.0. The van der Waals surface area contributed by atoms with Gasteiger partial charge in [0.25, 0.3) is 20.0 Å². The first kappa shape index (κ1) is 23.0. The van der Waals surface area contributed by atoms with Gasteiger partial charge in [-0.1, -0.05) is 47.5 Å². The fourth-order valence-corrected chi connectivity index (χ4v) is 6.64. The fraction of sp³-hybridized carbons (Fsp3) is 0.208. The minimum absolute atomic E-state index is 0.0317. The molecule has 1 heterocycles. The lowest BCUT2D eigenvalue weighted by molar-refractivity contribution is -0.117. The Bertz CT molecular complexity index is 1400. The van der Waals surface area contributed by atoms with E-state index in [1.807, 2.05) is 13.8 Å². The smallest absolute Gasteiger partial charge is 0.264 e. The van der Waals surface area contributed by atoms with Gasteiger partial charge in [0.15, 0.2) is 5.78 Å². The molecular formula is C24H24N2O5S2. The zero-order valence-corrected chi connectivity index (χ0v) is 19.9. The molecule has 0 amide bonds. The van der Waals surface area contributed by atoms with Gasteiger partial charge in [0, 0.05) is 13.0 Å². The number of para-hydroxylation sites is 2. The molecule has 0 saturated heterocycles. The summed E-state index contributed by atoms with van der Waals surface area (Å²) in [4.78, 5) is 12.8. The first-order valence-corrected chi connectivity index (χ1v) is 13.3. The minimum Gasteiger partial charge on any atom is -0.298 e. The summed E-state index contributed by atoms with van der Waals surface area (Å²) >= 11 is 0. The second kappa shape index (κ2) is 8.64. The van der Waals surface area contributed by atoms with E-state index in [9.17, 15) is 21.6 Å². The van der Waals surface area contributed by atoms with Crippen LogP contribution in [0.25, 0.3) is 0 Å². The van der Waals surface area contributed by atoms with Crippen molar-refractivity contribution in [2.24, 2.45) is 0 Å². The summed E-state index contributed by atoms with van der Waals surface area (Å²) in [6.07, 6.45) is -0.112. The Hall–Kier alpha value is -3.17. The Morgan fingerprint density at radius 1 is 0.636 bits per heavy atom. The van der Waals surface area contributed by atoms with Gasteiger partial charge in [-0.3, -0.25) is 13.4 Å². The fourth-order valence-electron chi connectivity index (χ4n) is 3.70. The molecule has 0 saturated carbocycles. The lowest BCUT2D eigenvalue weighted by Crippen LogP contribution is -2.42. The van der Waals surface area contributed by atoms with Crippen molar-refractivity contribution in [2.75, 3.05) is 21.7 Å². The van der Waals surface area contributed by atoms with Crippen LogP contribution >= 0.6 is 0 Å². The zero-order chi connectivity index (χ0) is 23.8. The molecule has 0 unspecified atom stereocenters. The average molecular weight is 485 g/mol. The maximum Gasteiger partial charge on any atom is 0.264 e. The van der Waals surface area contributed by atoms with Crippen molar-refractivity contribution in [2.45, 2.75) is 30.1 Å². The zero-order valence-electron chi connectivity index (χ0n) is 18.3. The van der Waals surface area contributed by atoms with Gasteiger partial charge >= 0.3 is 0 Å². The van der Waals surface area contributed by atoms with Crippen LogP contribution in [0.4, 0.5) is 11.4 Å². The Kier molecular flexibility index (Phi) is 6.02. The third kappa shape index (κ3) is 4.38. The van der Waals surface area contributed by atoms with Crippen molar-refractivity contribution < 1.29 is 21.6 Å². The van der Waals surface area contributed by atoms with E-state index in [4.69, 9.17) is 0 Å². The molecule has 33 heavy (non-hydrogen) atoms. The molecule has 1 aliphatic heterocycles. The van der Waals surface area contributed by atoms with Gasteiger partial charge in [0.1, 0.15) is 0 Å².